The highest BCUT2D eigenvalue weighted by molar-refractivity contribution is 6.32. The Morgan fingerprint density at radius 3 is 2.58 bits per heavy atom. The molecule has 4 aromatic heterocycles. The molecule has 4 heterocycles. The van der Waals surface area contributed by atoms with Crippen molar-refractivity contribution in [3.8, 4) is 17.2 Å². The molecule has 9 nitrogen and oxygen atoms in total. The van der Waals surface area contributed by atoms with Gasteiger partial charge in [-0.1, -0.05) is 23.7 Å². The fourth-order valence-corrected chi connectivity index (χ4v) is 5.93. The summed E-state index contributed by atoms with van der Waals surface area (Å²) in [6.07, 6.45) is 8.80. The Kier molecular flexibility index (Phi) is 4.47. The van der Waals surface area contributed by atoms with Crippen LogP contribution >= 0.6 is 11.6 Å². The smallest absolute Gasteiger partial charge is 0.254 e. The standard InChI is InChI=1S/C26H19ClN8O/c27-17-4-1-2-6-20(17)35-22(19-8-10-28-15-31-19)33-34-24(35)25-12-26(13-25,14-25)32-23(36)16-7-11-29-18-5-3-9-30-21(16)18/h1-11,15H,12-14H2,(H,32,36). The van der Waals surface area contributed by atoms with Crippen molar-refractivity contribution in [1.29, 1.82) is 0 Å². The molecule has 0 atom stereocenters. The van der Waals surface area contributed by atoms with E-state index in [1.54, 1.807) is 30.7 Å². The van der Waals surface area contributed by atoms with E-state index in [1.807, 2.05) is 41.0 Å². The first-order valence-electron chi connectivity index (χ1n) is 11.6. The van der Waals surface area contributed by atoms with Crippen LogP contribution in [0, 0.1) is 0 Å². The van der Waals surface area contributed by atoms with Crippen LogP contribution in [-0.4, -0.2) is 46.1 Å². The van der Waals surface area contributed by atoms with Gasteiger partial charge < -0.3 is 5.32 Å². The summed E-state index contributed by atoms with van der Waals surface area (Å²) in [4.78, 5) is 30.3. The number of benzene rings is 1. The van der Waals surface area contributed by atoms with Crippen molar-refractivity contribution >= 4 is 28.5 Å². The predicted octanol–water partition coefficient (Wildman–Crippen LogP) is 3.93. The van der Waals surface area contributed by atoms with Gasteiger partial charge in [-0.2, -0.15) is 0 Å². The fourth-order valence-electron chi connectivity index (χ4n) is 5.71. The summed E-state index contributed by atoms with van der Waals surface area (Å²) in [6.45, 7) is 0. The minimum absolute atomic E-state index is 0.136. The van der Waals surface area contributed by atoms with Gasteiger partial charge in [-0.05, 0) is 55.7 Å². The molecule has 0 saturated heterocycles. The van der Waals surface area contributed by atoms with Gasteiger partial charge in [0, 0.05) is 29.5 Å². The normalized spacial score (nSPS) is 22.0. The van der Waals surface area contributed by atoms with Crippen LogP contribution in [0.15, 0.2) is 73.4 Å². The Morgan fingerprint density at radius 2 is 1.78 bits per heavy atom. The Balaban J connectivity index is 1.20. The second kappa shape index (κ2) is 7.63. The van der Waals surface area contributed by atoms with E-state index in [9.17, 15) is 4.79 Å². The van der Waals surface area contributed by atoms with Crippen LogP contribution < -0.4 is 5.32 Å². The number of rotatable bonds is 5. The molecule has 176 valence electrons. The number of carbonyl (C=O) groups excluding carboxylic acids is 1. The Labute approximate surface area is 210 Å². The van der Waals surface area contributed by atoms with Crippen LogP contribution in [0.3, 0.4) is 0 Å². The van der Waals surface area contributed by atoms with E-state index in [4.69, 9.17) is 11.6 Å². The zero-order chi connectivity index (χ0) is 24.3. The number of aromatic nitrogens is 7. The molecule has 0 radical (unpaired) electrons. The Bertz CT molecular complexity index is 1630. The number of nitrogens with one attached hydrogen (secondary N) is 1. The van der Waals surface area contributed by atoms with Crippen LogP contribution in [-0.2, 0) is 5.41 Å². The van der Waals surface area contributed by atoms with E-state index in [0.717, 1.165) is 30.8 Å². The Hall–Kier alpha value is -4.24. The summed E-state index contributed by atoms with van der Waals surface area (Å²) in [7, 11) is 0. The number of hydrogen-bond donors (Lipinski definition) is 1. The van der Waals surface area contributed by atoms with E-state index >= 15 is 0 Å². The maximum Gasteiger partial charge on any atom is 0.254 e. The van der Waals surface area contributed by atoms with Crippen molar-refractivity contribution < 1.29 is 4.79 Å². The molecule has 3 aliphatic carbocycles. The maximum absolute atomic E-state index is 13.2. The van der Waals surface area contributed by atoms with Crippen LogP contribution in [0.2, 0.25) is 5.02 Å². The van der Waals surface area contributed by atoms with E-state index in [0.29, 0.717) is 33.1 Å². The highest BCUT2D eigenvalue weighted by Gasteiger charge is 2.71. The molecule has 5 aromatic rings. The number of pyridine rings is 2. The van der Waals surface area contributed by atoms with Crippen molar-refractivity contribution in [3.05, 3.63) is 89.9 Å². The average molecular weight is 495 g/mol. The van der Waals surface area contributed by atoms with E-state index < -0.39 is 0 Å². The van der Waals surface area contributed by atoms with Crippen molar-refractivity contribution in [2.24, 2.45) is 0 Å². The van der Waals surface area contributed by atoms with Crippen molar-refractivity contribution in [1.82, 2.24) is 40.0 Å². The minimum Gasteiger partial charge on any atom is -0.346 e. The topological polar surface area (TPSA) is 111 Å². The maximum atomic E-state index is 13.2. The van der Waals surface area contributed by atoms with Gasteiger partial charge in [-0.15, -0.1) is 10.2 Å². The van der Waals surface area contributed by atoms with Gasteiger partial charge in [-0.25, -0.2) is 9.97 Å². The molecule has 36 heavy (non-hydrogen) atoms. The minimum atomic E-state index is -0.270. The van der Waals surface area contributed by atoms with Gasteiger partial charge in [0.2, 0.25) is 0 Å². The van der Waals surface area contributed by atoms with Crippen LogP contribution in [0.1, 0.15) is 35.4 Å². The molecule has 1 aromatic carbocycles. The summed E-state index contributed by atoms with van der Waals surface area (Å²) >= 11 is 6.61. The fraction of sp³-hybridized carbons (Fsp3) is 0.192. The monoisotopic (exact) mass is 494 g/mol. The third-order valence-electron chi connectivity index (χ3n) is 7.19. The van der Waals surface area contributed by atoms with E-state index in [2.05, 4.69) is 35.5 Å². The summed E-state index contributed by atoms with van der Waals surface area (Å²) in [6, 6.07) is 14.8. The number of halogens is 1. The van der Waals surface area contributed by atoms with Gasteiger partial charge in [-0.3, -0.25) is 19.3 Å². The van der Waals surface area contributed by atoms with E-state index in [-0.39, 0.29) is 16.9 Å². The third-order valence-corrected chi connectivity index (χ3v) is 7.51. The molecule has 0 unspecified atom stereocenters. The van der Waals surface area contributed by atoms with Crippen LogP contribution in [0.25, 0.3) is 28.2 Å². The number of fused-ring (bicyclic) bond motifs is 1. The first-order valence-corrected chi connectivity index (χ1v) is 11.9. The zero-order valence-corrected chi connectivity index (χ0v) is 19.7. The summed E-state index contributed by atoms with van der Waals surface area (Å²) in [5, 5.41) is 13.0. The SMILES string of the molecule is O=C(NC12CC(c3nnc(-c4ccncn4)n3-c3ccccc3Cl)(C1)C2)c1ccnc2cccnc12. The van der Waals surface area contributed by atoms with Crippen LogP contribution in [0.4, 0.5) is 0 Å². The first-order chi connectivity index (χ1) is 17.6. The quantitative estimate of drug-likeness (QED) is 0.394. The lowest BCUT2D eigenvalue weighted by molar-refractivity contribution is -0.0873. The summed E-state index contributed by atoms with van der Waals surface area (Å²) in [5.41, 5.74) is 2.83. The number of nitrogens with zero attached hydrogens (tertiary/aromatic N) is 7. The number of amides is 1. The molecule has 8 rings (SSSR count). The third kappa shape index (κ3) is 3.06. The second-order valence-electron chi connectivity index (χ2n) is 9.50. The summed E-state index contributed by atoms with van der Waals surface area (Å²) in [5.74, 6) is 1.30. The first kappa shape index (κ1) is 21.1. The molecule has 3 fully saturated rings. The lowest BCUT2D eigenvalue weighted by Crippen LogP contribution is -2.77. The largest absolute Gasteiger partial charge is 0.346 e. The summed E-state index contributed by atoms with van der Waals surface area (Å²) < 4.78 is 2.00. The average Bonchev–Trinajstić information content (AvgIpc) is 3.30. The molecule has 0 aliphatic heterocycles. The highest BCUT2D eigenvalue weighted by atomic mass is 35.5. The number of hydrogen-bond acceptors (Lipinski definition) is 7. The molecule has 3 aliphatic rings. The molecule has 0 spiro atoms. The second-order valence-corrected chi connectivity index (χ2v) is 9.91. The zero-order valence-electron chi connectivity index (χ0n) is 19.0. The van der Waals surface area contributed by atoms with Crippen molar-refractivity contribution in [3.63, 3.8) is 0 Å². The molecule has 1 N–H and O–H groups in total. The molecular formula is C26H19ClN8O. The van der Waals surface area contributed by atoms with Crippen molar-refractivity contribution in [2.45, 2.75) is 30.2 Å². The molecule has 1 amide bonds. The van der Waals surface area contributed by atoms with Gasteiger partial charge >= 0.3 is 0 Å². The lowest BCUT2D eigenvalue weighted by Gasteiger charge is -2.69. The molecular weight excluding hydrogens is 476 g/mol. The highest BCUT2D eigenvalue weighted by Crippen LogP contribution is 2.67. The van der Waals surface area contributed by atoms with Crippen molar-refractivity contribution in [2.75, 3.05) is 0 Å². The predicted molar refractivity (Wildman–Crippen MR) is 133 cm³/mol. The molecule has 3 saturated carbocycles. The van der Waals surface area contributed by atoms with Gasteiger partial charge in [0.05, 0.1) is 21.8 Å². The molecule has 10 heteroatoms. The number of para-hydroxylation sites is 1. The molecule has 2 bridgehead atoms. The number of carbonyl (C=O) groups is 1. The van der Waals surface area contributed by atoms with E-state index in [1.165, 1.54) is 6.33 Å². The van der Waals surface area contributed by atoms with Gasteiger partial charge in [0.25, 0.3) is 5.91 Å². The van der Waals surface area contributed by atoms with Gasteiger partial charge in [0.1, 0.15) is 23.4 Å². The lowest BCUT2D eigenvalue weighted by atomic mass is 9.39. The van der Waals surface area contributed by atoms with Crippen LogP contribution in [0.5, 0.6) is 0 Å². The Morgan fingerprint density at radius 1 is 0.917 bits per heavy atom. The van der Waals surface area contributed by atoms with Gasteiger partial charge in [0.15, 0.2) is 5.82 Å².